The van der Waals surface area contributed by atoms with E-state index in [1.807, 2.05) is 7.05 Å². The Bertz CT molecular complexity index is 103. The van der Waals surface area contributed by atoms with E-state index in [-0.39, 0.29) is 12.4 Å². The maximum absolute atomic E-state index is 3.88. The first kappa shape index (κ1) is 8.95. The molecule has 0 aromatic rings. The van der Waals surface area contributed by atoms with Crippen LogP contribution < -0.4 is 10.6 Å². The minimum atomic E-state index is 0. The zero-order valence-electron chi connectivity index (χ0n) is 5.61. The first-order valence-electron chi connectivity index (χ1n) is 2.90. The quantitative estimate of drug-likeness (QED) is 0.518. The summed E-state index contributed by atoms with van der Waals surface area (Å²) in [5.74, 6) is 0. The molecule has 0 amide bonds. The lowest BCUT2D eigenvalue weighted by Crippen LogP contribution is -2.27. The fourth-order valence-corrected chi connectivity index (χ4v) is 0.951. The maximum Gasteiger partial charge on any atom is 0.0413 e. The van der Waals surface area contributed by atoms with Gasteiger partial charge in [0.15, 0.2) is 0 Å². The molecule has 1 saturated heterocycles. The van der Waals surface area contributed by atoms with Gasteiger partial charge in [0.05, 0.1) is 0 Å². The van der Waals surface area contributed by atoms with Crippen LogP contribution in [-0.4, -0.2) is 26.2 Å². The van der Waals surface area contributed by atoms with Crippen molar-refractivity contribution < 1.29 is 0 Å². The summed E-state index contributed by atoms with van der Waals surface area (Å²) < 4.78 is 0. The Morgan fingerprint density at radius 2 is 2.44 bits per heavy atom. The second kappa shape index (κ2) is 3.88. The van der Waals surface area contributed by atoms with E-state index < -0.39 is 0 Å². The highest BCUT2D eigenvalue weighted by molar-refractivity contribution is 5.85. The van der Waals surface area contributed by atoms with Crippen molar-refractivity contribution >= 4 is 12.4 Å². The van der Waals surface area contributed by atoms with Gasteiger partial charge in [0, 0.05) is 19.1 Å². The number of halogens is 1. The highest BCUT2D eigenvalue weighted by Crippen LogP contribution is 2.01. The van der Waals surface area contributed by atoms with E-state index in [2.05, 4.69) is 17.2 Å². The van der Waals surface area contributed by atoms with Gasteiger partial charge in [-0.15, -0.1) is 12.4 Å². The molecule has 1 unspecified atom stereocenters. The van der Waals surface area contributed by atoms with Crippen LogP contribution >= 0.6 is 12.4 Å². The van der Waals surface area contributed by atoms with Crippen LogP contribution in [-0.2, 0) is 0 Å². The molecule has 0 aromatic carbocycles. The minimum Gasteiger partial charge on any atom is -0.312 e. The van der Waals surface area contributed by atoms with Gasteiger partial charge in [-0.1, -0.05) is 6.58 Å². The molecule has 0 saturated carbocycles. The molecule has 2 nitrogen and oxygen atoms in total. The molecule has 1 rings (SSSR count). The number of hydrogen-bond donors (Lipinski definition) is 2. The Morgan fingerprint density at radius 1 is 1.78 bits per heavy atom. The monoisotopic (exact) mass is 148 g/mol. The molecule has 0 aromatic heterocycles. The van der Waals surface area contributed by atoms with Crippen molar-refractivity contribution in [3.05, 3.63) is 12.2 Å². The van der Waals surface area contributed by atoms with Gasteiger partial charge in [-0.2, -0.15) is 0 Å². The lowest BCUT2D eigenvalue weighted by Gasteiger charge is -2.05. The molecule has 1 heterocycles. The predicted octanol–water partition coefficient (Wildman–Crippen LogP) is 0.156. The third-order valence-corrected chi connectivity index (χ3v) is 1.54. The smallest absolute Gasteiger partial charge is 0.0413 e. The van der Waals surface area contributed by atoms with Crippen LogP contribution in [0.25, 0.3) is 0 Å². The van der Waals surface area contributed by atoms with Gasteiger partial charge in [0.25, 0.3) is 0 Å². The highest BCUT2D eigenvalue weighted by Gasteiger charge is 2.14. The lowest BCUT2D eigenvalue weighted by molar-refractivity contribution is 0.668. The van der Waals surface area contributed by atoms with Gasteiger partial charge in [-0.3, -0.25) is 0 Å². The summed E-state index contributed by atoms with van der Waals surface area (Å²) in [4.78, 5) is 0. The van der Waals surface area contributed by atoms with Gasteiger partial charge in [0.1, 0.15) is 0 Å². The van der Waals surface area contributed by atoms with Crippen molar-refractivity contribution in [3.8, 4) is 0 Å². The van der Waals surface area contributed by atoms with Gasteiger partial charge in [-0.25, -0.2) is 0 Å². The Balaban J connectivity index is 0.000000640. The third kappa shape index (κ3) is 1.97. The van der Waals surface area contributed by atoms with Crippen LogP contribution in [0, 0.1) is 0 Å². The molecule has 1 aliphatic heterocycles. The van der Waals surface area contributed by atoms with Gasteiger partial charge < -0.3 is 10.6 Å². The Labute approximate surface area is 62.1 Å². The van der Waals surface area contributed by atoms with Crippen molar-refractivity contribution in [2.45, 2.75) is 6.04 Å². The Hall–Kier alpha value is -0.0500. The van der Waals surface area contributed by atoms with E-state index in [0.29, 0.717) is 6.04 Å². The molecular formula is C6H13ClN2. The van der Waals surface area contributed by atoms with E-state index in [0.717, 1.165) is 13.1 Å². The molecule has 0 bridgehead atoms. The van der Waals surface area contributed by atoms with Crippen LogP contribution in [0.4, 0.5) is 0 Å². The molecule has 3 heteroatoms. The molecule has 0 radical (unpaired) electrons. The van der Waals surface area contributed by atoms with Crippen LogP contribution in [0.3, 0.4) is 0 Å². The second-order valence-electron chi connectivity index (χ2n) is 2.13. The molecule has 0 spiro atoms. The lowest BCUT2D eigenvalue weighted by atomic mass is 10.2. The average molecular weight is 149 g/mol. The molecular weight excluding hydrogens is 136 g/mol. The fourth-order valence-electron chi connectivity index (χ4n) is 0.951. The zero-order chi connectivity index (χ0) is 5.98. The molecule has 9 heavy (non-hydrogen) atoms. The molecule has 0 aliphatic carbocycles. The summed E-state index contributed by atoms with van der Waals surface area (Å²) in [6.07, 6.45) is 0. The third-order valence-electron chi connectivity index (χ3n) is 1.54. The first-order chi connectivity index (χ1) is 3.84. The van der Waals surface area contributed by atoms with Gasteiger partial charge in [-0.05, 0) is 12.6 Å². The summed E-state index contributed by atoms with van der Waals surface area (Å²) >= 11 is 0. The molecule has 2 N–H and O–H groups in total. The van der Waals surface area contributed by atoms with Gasteiger partial charge >= 0.3 is 0 Å². The fraction of sp³-hybridized carbons (Fsp3) is 0.667. The van der Waals surface area contributed by atoms with Crippen LogP contribution in [0.5, 0.6) is 0 Å². The highest BCUT2D eigenvalue weighted by atomic mass is 35.5. The van der Waals surface area contributed by atoms with Crippen molar-refractivity contribution in [1.82, 2.24) is 10.6 Å². The Kier molecular flexibility index (Phi) is 3.86. The normalized spacial score (nSPS) is 25.9. The number of likely N-dealkylation sites (N-methyl/N-ethyl adjacent to an activating group) is 1. The van der Waals surface area contributed by atoms with E-state index in [1.54, 1.807) is 0 Å². The summed E-state index contributed by atoms with van der Waals surface area (Å²) in [7, 11) is 1.96. The predicted molar refractivity (Wildman–Crippen MR) is 42.1 cm³/mol. The molecule has 54 valence electrons. The minimum absolute atomic E-state index is 0. The molecule has 1 atom stereocenters. The summed E-state index contributed by atoms with van der Waals surface area (Å²) in [6.45, 7) is 5.90. The van der Waals surface area contributed by atoms with E-state index in [1.165, 1.54) is 5.57 Å². The Morgan fingerprint density at radius 3 is 2.67 bits per heavy atom. The van der Waals surface area contributed by atoms with Crippen LogP contribution in [0.15, 0.2) is 12.2 Å². The zero-order valence-corrected chi connectivity index (χ0v) is 6.42. The maximum atomic E-state index is 3.88. The van der Waals surface area contributed by atoms with Gasteiger partial charge in [0.2, 0.25) is 0 Å². The number of rotatable bonds is 1. The first-order valence-corrected chi connectivity index (χ1v) is 2.90. The van der Waals surface area contributed by atoms with Crippen LogP contribution in [0.2, 0.25) is 0 Å². The van der Waals surface area contributed by atoms with Crippen molar-refractivity contribution in [2.24, 2.45) is 0 Å². The second-order valence-corrected chi connectivity index (χ2v) is 2.13. The number of hydrogen-bond acceptors (Lipinski definition) is 2. The summed E-state index contributed by atoms with van der Waals surface area (Å²) in [6, 6.07) is 0.509. The van der Waals surface area contributed by atoms with Crippen molar-refractivity contribution in [1.29, 1.82) is 0 Å². The average Bonchev–Trinajstić information content (AvgIpc) is 2.14. The van der Waals surface area contributed by atoms with E-state index in [9.17, 15) is 0 Å². The molecule has 1 aliphatic rings. The van der Waals surface area contributed by atoms with E-state index in [4.69, 9.17) is 0 Å². The summed E-state index contributed by atoms with van der Waals surface area (Å²) in [5, 5.41) is 6.36. The van der Waals surface area contributed by atoms with E-state index >= 15 is 0 Å². The SMILES string of the molecule is C=C1CNCC1NC.Cl. The summed E-state index contributed by atoms with van der Waals surface area (Å²) in [5.41, 5.74) is 1.27. The number of nitrogens with one attached hydrogen (secondary N) is 2. The van der Waals surface area contributed by atoms with Crippen molar-refractivity contribution in [3.63, 3.8) is 0 Å². The molecule has 1 fully saturated rings. The van der Waals surface area contributed by atoms with Crippen molar-refractivity contribution in [2.75, 3.05) is 20.1 Å². The topological polar surface area (TPSA) is 24.1 Å². The largest absolute Gasteiger partial charge is 0.312 e. The van der Waals surface area contributed by atoms with Crippen LogP contribution in [0.1, 0.15) is 0 Å². The standard InChI is InChI=1S/C6H12N2.ClH/c1-5-3-8-4-6(5)7-2;/h6-8H,1,3-4H2,2H3;1H.